The Morgan fingerprint density at radius 3 is 2.56 bits per heavy atom. The molecule has 0 saturated heterocycles. The topological polar surface area (TPSA) is 29.5 Å². The molecule has 1 aliphatic heterocycles. The molecule has 2 heteroatoms. The molecule has 1 aromatic rings. The van der Waals surface area contributed by atoms with Gasteiger partial charge in [0, 0.05) is 17.4 Å². The van der Waals surface area contributed by atoms with Gasteiger partial charge in [-0.15, -0.1) is 0 Å². The van der Waals surface area contributed by atoms with Crippen LogP contribution in [-0.4, -0.2) is 10.7 Å². The molecule has 2 nitrogen and oxygen atoms in total. The van der Waals surface area contributed by atoms with Crippen molar-refractivity contribution in [3.8, 4) is 11.5 Å². The number of fused-ring (bicyclic) bond motifs is 3. The molecule has 3 aliphatic rings. The number of phenols is 1. The van der Waals surface area contributed by atoms with Gasteiger partial charge >= 0.3 is 0 Å². The number of hydrogen-bond acceptors (Lipinski definition) is 2. The summed E-state index contributed by atoms with van der Waals surface area (Å²) in [5.41, 5.74) is 3.53. The number of allylic oxidation sites excluding steroid dienone is 2. The van der Waals surface area contributed by atoms with Crippen molar-refractivity contribution in [2.45, 2.75) is 90.6 Å². The summed E-state index contributed by atoms with van der Waals surface area (Å²) in [5, 5.41) is 11.0. The molecule has 2 unspecified atom stereocenters. The van der Waals surface area contributed by atoms with Gasteiger partial charge in [0.1, 0.15) is 17.1 Å². The van der Waals surface area contributed by atoms with E-state index in [9.17, 15) is 5.11 Å². The first kappa shape index (κ1) is 18.9. The third kappa shape index (κ3) is 3.30. The molecule has 0 radical (unpaired) electrons. The van der Waals surface area contributed by atoms with Crippen molar-refractivity contribution in [3.63, 3.8) is 0 Å². The van der Waals surface area contributed by atoms with Crippen molar-refractivity contribution in [1.29, 1.82) is 0 Å². The smallest absolute Gasteiger partial charge is 0.127 e. The van der Waals surface area contributed by atoms with E-state index in [0.29, 0.717) is 29.4 Å². The molecule has 4 atom stereocenters. The van der Waals surface area contributed by atoms with E-state index >= 15 is 0 Å². The fourth-order valence-corrected chi connectivity index (χ4v) is 6.04. The second-order valence-electron chi connectivity index (χ2n) is 10.1. The van der Waals surface area contributed by atoms with E-state index in [1.54, 1.807) is 0 Å². The molecular weight excluding hydrogens is 332 g/mol. The van der Waals surface area contributed by atoms with Crippen LogP contribution in [0.25, 0.3) is 0 Å². The normalized spacial score (nSPS) is 29.3. The summed E-state index contributed by atoms with van der Waals surface area (Å²) >= 11 is 0. The Bertz CT molecular complexity index is 739. The van der Waals surface area contributed by atoms with E-state index in [0.717, 1.165) is 30.1 Å². The highest BCUT2D eigenvalue weighted by Gasteiger charge is 2.46. The van der Waals surface area contributed by atoms with Crippen molar-refractivity contribution in [1.82, 2.24) is 0 Å². The van der Waals surface area contributed by atoms with Gasteiger partial charge in [-0.1, -0.05) is 51.2 Å². The number of aromatic hydroxyl groups is 1. The monoisotopic (exact) mass is 368 g/mol. The lowest BCUT2D eigenvalue weighted by Crippen LogP contribution is -2.45. The second kappa shape index (κ2) is 6.87. The Hall–Kier alpha value is -1.44. The van der Waals surface area contributed by atoms with Gasteiger partial charge in [0.2, 0.25) is 0 Å². The van der Waals surface area contributed by atoms with E-state index in [2.05, 4.69) is 46.8 Å². The van der Waals surface area contributed by atoms with E-state index < -0.39 is 0 Å². The third-order valence-electron chi connectivity index (χ3n) is 7.99. The van der Waals surface area contributed by atoms with Crippen LogP contribution in [0.3, 0.4) is 0 Å². The summed E-state index contributed by atoms with van der Waals surface area (Å²) in [6.07, 6.45) is 9.91. The Balaban J connectivity index is 1.69. The van der Waals surface area contributed by atoms with E-state index in [1.165, 1.54) is 36.8 Å². The van der Waals surface area contributed by atoms with Crippen LogP contribution in [0.2, 0.25) is 0 Å². The first-order chi connectivity index (χ1) is 12.8. The van der Waals surface area contributed by atoms with Crippen molar-refractivity contribution in [2.24, 2.45) is 17.8 Å². The second-order valence-corrected chi connectivity index (χ2v) is 10.1. The van der Waals surface area contributed by atoms with Crippen molar-refractivity contribution < 1.29 is 9.84 Å². The van der Waals surface area contributed by atoms with Gasteiger partial charge in [-0.25, -0.2) is 0 Å². The van der Waals surface area contributed by atoms with Crippen LogP contribution in [0.4, 0.5) is 0 Å². The first-order valence-electron chi connectivity index (χ1n) is 11.0. The lowest BCUT2D eigenvalue weighted by atomic mass is 9.67. The van der Waals surface area contributed by atoms with Crippen LogP contribution >= 0.6 is 0 Å². The third-order valence-corrected chi connectivity index (χ3v) is 7.99. The number of benzene rings is 1. The molecule has 0 bridgehead atoms. The van der Waals surface area contributed by atoms with Crippen molar-refractivity contribution in [2.75, 3.05) is 0 Å². The molecule has 148 valence electrons. The SMILES string of the molecule is CC1=CC[C@H]2[C@H](C1)c1c(O)cc(C(C)C(C)C3CCCC3)cc1OC2(C)C. The fraction of sp³-hybridized carbons (Fsp3) is 0.680. The minimum absolute atomic E-state index is 0.194. The summed E-state index contributed by atoms with van der Waals surface area (Å²) in [5.74, 6) is 4.09. The quantitative estimate of drug-likeness (QED) is 0.586. The molecule has 1 saturated carbocycles. The Morgan fingerprint density at radius 2 is 1.85 bits per heavy atom. The maximum atomic E-state index is 11.0. The van der Waals surface area contributed by atoms with E-state index in [4.69, 9.17) is 4.74 Å². The zero-order chi connectivity index (χ0) is 19.3. The van der Waals surface area contributed by atoms with E-state index in [1.807, 2.05) is 6.07 Å². The lowest BCUT2D eigenvalue weighted by Gasteiger charge is -2.47. The average molecular weight is 369 g/mol. The number of phenolic OH excluding ortho intramolecular Hbond substituents is 1. The molecule has 1 heterocycles. The summed E-state index contributed by atoms with van der Waals surface area (Å²) < 4.78 is 6.51. The first-order valence-corrected chi connectivity index (χ1v) is 11.0. The molecule has 1 fully saturated rings. The van der Waals surface area contributed by atoms with Crippen LogP contribution in [0, 0.1) is 17.8 Å². The number of hydrogen-bond donors (Lipinski definition) is 1. The zero-order valence-corrected chi connectivity index (χ0v) is 17.7. The zero-order valence-electron chi connectivity index (χ0n) is 17.7. The van der Waals surface area contributed by atoms with Gasteiger partial charge in [-0.05, 0) is 69.1 Å². The van der Waals surface area contributed by atoms with Gasteiger partial charge < -0.3 is 9.84 Å². The maximum Gasteiger partial charge on any atom is 0.127 e. The maximum absolute atomic E-state index is 11.0. The number of ether oxygens (including phenoxy) is 1. The van der Waals surface area contributed by atoms with Gasteiger partial charge in [0.15, 0.2) is 0 Å². The molecule has 4 rings (SSSR count). The standard InChI is InChI=1S/C25H36O2/c1-15-10-11-21-20(12-15)24-22(26)13-19(14-23(24)27-25(21,4)5)17(3)16(2)18-8-6-7-9-18/h10,13-14,16-18,20-21,26H,6-9,11-12H2,1-5H3/t16?,17?,20-,21-/m0/s1. The van der Waals surface area contributed by atoms with Crippen LogP contribution < -0.4 is 4.74 Å². The molecule has 27 heavy (non-hydrogen) atoms. The summed E-state index contributed by atoms with van der Waals surface area (Å²) in [6.45, 7) is 11.4. The van der Waals surface area contributed by atoms with Crippen LogP contribution in [0.5, 0.6) is 11.5 Å². The van der Waals surface area contributed by atoms with Crippen molar-refractivity contribution in [3.05, 3.63) is 34.9 Å². The summed E-state index contributed by atoms with van der Waals surface area (Å²) in [7, 11) is 0. The highest BCUT2D eigenvalue weighted by Crippen LogP contribution is 2.55. The molecule has 1 aromatic carbocycles. The molecular formula is C25H36O2. The minimum Gasteiger partial charge on any atom is -0.508 e. The predicted molar refractivity (Wildman–Crippen MR) is 112 cm³/mol. The minimum atomic E-state index is -0.194. The molecule has 1 N–H and O–H groups in total. The van der Waals surface area contributed by atoms with Crippen LogP contribution in [0.1, 0.15) is 96.1 Å². The molecule has 2 aliphatic carbocycles. The van der Waals surface area contributed by atoms with Crippen LogP contribution in [0.15, 0.2) is 23.8 Å². The molecule has 0 aromatic heterocycles. The van der Waals surface area contributed by atoms with Crippen molar-refractivity contribution >= 4 is 0 Å². The summed E-state index contributed by atoms with van der Waals surface area (Å²) in [4.78, 5) is 0. The lowest BCUT2D eigenvalue weighted by molar-refractivity contribution is 0.00746. The Kier molecular flexibility index (Phi) is 4.81. The largest absolute Gasteiger partial charge is 0.508 e. The average Bonchev–Trinajstić information content (AvgIpc) is 3.13. The van der Waals surface area contributed by atoms with Gasteiger partial charge in [-0.3, -0.25) is 0 Å². The fourth-order valence-electron chi connectivity index (χ4n) is 6.04. The van der Waals surface area contributed by atoms with Crippen LogP contribution in [-0.2, 0) is 0 Å². The predicted octanol–water partition coefficient (Wildman–Crippen LogP) is 6.93. The molecule has 0 spiro atoms. The van der Waals surface area contributed by atoms with Gasteiger partial charge in [-0.2, -0.15) is 0 Å². The number of rotatable bonds is 3. The summed E-state index contributed by atoms with van der Waals surface area (Å²) in [6, 6.07) is 4.29. The van der Waals surface area contributed by atoms with E-state index in [-0.39, 0.29) is 5.60 Å². The highest BCUT2D eigenvalue weighted by molar-refractivity contribution is 5.53. The van der Waals surface area contributed by atoms with Gasteiger partial charge in [0.25, 0.3) is 0 Å². The molecule has 0 amide bonds. The van der Waals surface area contributed by atoms with Gasteiger partial charge in [0.05, 0.1) is 0 Å². The Labute approximate surface area is 165 Å². The Morgan fingerprint density at radius 1 is 1.15 bits per heavy atom. The highest BCUT2D eigenvalue weighted by atomic mass is 16.5.